The SMILES string of the molecule is Fc1cncc2c1sc1c(-c3nc4ccccc4n3-c3ccccc3)cccc12. The van der Waals surface area contributed by atoms with E-state index in [-0.39, 0.29) is 5.82 Å². The monoisotopic (exact) mass is 395 g/mol. The molecule has 0 fully saturated rings. The molecule has 5 heteroatoms. The summed E-state index contributed by atoms with van der Waals surface area (Å²) >= 11 is 1.46. The number of fused-ring (bicyclic) bond motifs is 4. The van der Waals surface area contributed by atoms with Crippen molar-refractivity contribution in [2.75, 3.05) is 0 Å². The van der Waals surface area contributed by atoms with Crippen LogP contribution in [0.5, 0.6) is 0 Å². The van der Waals surface area contributed by atoms with Crippen LogP contribution in [0, 0.1) is 5.82 Å². The highest BCUT2D eigenvalue weighted by Crippen LogP contribution is 2.41. The smallest absolute Gasteiger partial charge is 0.159 e. The van der Waals surface area contributed by atoms with Crippen molar-refractivity contribution in [2.45, 2.75) is 0 Å². The minimum atomic E-state index is -0.286. The predicted octanol–water partition coefficient (Wildman–Crippen LogP) is 6.59. The van der Waals surface area contributed by atoms with Gasteiger partial charge >= 0.3 is 0 Å². The second-order valence-corrected chi connectivity index (χ2v) is 7.90. The molecule has 0 saturated carbocycles. The summed E-state index contributed by atoms with van der Waals surface area (Å²) in [5, 5.41) is 1.84. The zero-order chi connectivity index (χ0) is 19.4. The van der Waals surface area contributed by atoms with Crippen molar-refractivity contribution in [1.82, 2.24) is 14.5 Å². The van der Waals surface area contributed by atoms with Crippen LogP contribution in [-0.2, 0) is 0 Å². The molecule has 0 saturated heterocycles. The number of para-hydroxylation sites is 3. The molecule has 0 unspecified atom stereocenters. The minimum Gasteiger partial charge on any atom is -0.292 e. The summed E-state index contributed by atoms with van der Waals surface area (Å²) in [5.74, 6) is 0.564. The van der Waals surface area contributed by atoms with Gasteiger partial charge in [0.25, 0.3) is 0 Å². The third-order valence-corrected chi connectivity index (χ3v) is 6.44. The molecule has 3 heterocycles. The van der Waals surface area contributed by atoms with E-state index in [0.29, 0.717) is 4.70 Å². The molecule has 3 nitrogen and oxygen atoms in total. The first-order valence-corrected chi connectivity index (χ1v) is 10.1. The van der Waals surface area contributed by atoms with Gasteiger partial charge in [-0.25, -0.2) is 9.37 Å². The Morgan fingerprint density at radius 2 is 1.59 bits per heavy atom. The molecule has 3 aromatic carbocycles. The van der Waals surface area contributed by atoms with Crippen LogP contribution in [0.3, 0.4) is 0 Å². The van der Waals surface area contributed by atoms with Crippen molar-refractivity contribution in [2.24, 2.45) is 0 Å². The van der Waals surface area contributed by atoms with E-state index in [0.717, 1.165) is 43.6 Å². The lowest BCUT2D eigenvalue weighted by Gasteiger charge is -2.10. The Morgan fingerprint density at radius 3 is 2.48 bits per heavy atom. The van der Waals surface area contributed by atoms with Crippen molar-refractivity contribution in [3.8, 4) is 17.1 Å². The topological polar surface area (TPSA) is 30.7 Å². The van der Waals surface area contributed by atoms with Crippen molar-refractivity contribution in [3.05, 3.63) is 91.0 Å². The summed E-state index contributed by atoms with van der Waals surface area (Å²) in [6.07, 6.45) is 3.01. The number of hydrogen-bond acceptors (Lipinski definition) is 3. The number of halogens is 1. The molecule has 6 aromatic rings. The molecule has 0 atom stereocenters. The van der Waals surface area contributed by atoms with Gasteiger partial charge in [-0.15, -0.1) is 11.3 Å². The molecule has 0 N–H and O–H groups in total. The lowest BCUT2D eigenvalue weighted by atomic mass is 10.1. The summed E-state index contributed by atoms with van der Waals surface area (Å²) in [6, 6.07) is 24.4. The standard InChI is InChI=1S/C24H14FN3S/c25-19-14-26-13-18-16-9-6-10-17(22(16)29-23(18)19)24-27-20-11-4-5-12-21(20)28(24)15-7-2-1-3-8-15/h1-14H. The first-order chi connectivity index (χ1) is 14.3. The minimum absolute atomic E-state index is 0.286. The zero-order valence-corrected chi connectivity index (χ0v) is 16.0. The van der Waals surface area contributed by atoms with Crippen molar-refractivity contribution < 1.29 is 4.39 Å². The van der Waals surface area contributed by atoms with Gasteiger partial charge in [-0.2, -0.15) is 0 Å². The number of nitrogens with zero attached hydrogens (tertiary/aromatic N) is 3. The summed E-state index contributed by atoms with van der Waals surface area (Å²) in [6.45, 7) is 0. The molecule has 6 rings (SSSR count). The molecule has 0 radical (unpaired) electrons. The normalized spacial score (nSPS) is 11.6. The van der Waals surface area contributed by atoms with Crippen LogP contribution in [0.1, 0.15) is 0 Å². The number of rotatable bonds is 2. The van der Waals surface area contributed by atoms with E-state index in [1.165, 1.54) is 17.5 Å². The van der Waals surface area contributed by atoms with Crippen molar-refractivity contribution in [3.63, 3.8) is 0 Å². The fraction of sp³-hybridized carbons (Fsp3) is 0. The Bertz CT molecular complexity index is 1520. The molecule has 0 aliphatic rings. The lowest BCUT2D eigenvalue weighted by molar-refractivity contribution is 0.636. The molecular formula is C24H14FN3S. The largest absolute Gasteiger partial charge is 0.292 e. The number of hydrogen-bond donors (Lipinski definition) is 0. The van der Waals surface area contributed by atoms with Crippen LogP contribution < -0.4 is 0 Å². The van der Waals surface area contributed by atoms with Crippen LogP contribution in [-0.4, -0.2) is 14.5 Å². The maximum atomic E-state index is 14.4. The van der Waals surface area contributed by atoms with Crippen molar-refractivity contribution >= 4 is 42.5 Å². The fourth-order valence-electron chi connectivity index (χ4n) is 3.90. The van der Waals surface area contributed by atoms with E-state index in [1.54, 1.807) is 6.20 Å². The van der Waals surface area contributed by atoms with Gasteiger partial charge in [-0.3, -0.25) is 9.55 Å². The second kappa shape index (κ2) is 6.22. The molecule has 0 aliphatic heterocycles. The Balaban J connectivity index is 1.75. The van der Waals surface area contributed by atoms with E-state index >= 15 is 0 Å². The van der Waals surface area contributed by atoms with Gasteiger partial charge in [-0.1, -0.05) is 42.5 Å². The van der Waals surface area contributed by atoms with Crippen molar-refractivity contribution in [1.29, 1.82) is 0 Å². The quantitative estimate of drug-likeness (QED) is 0.331. The molecule has 138 valence electrons. The number of aromatic nitrogens is 3. The van der Waals surface area contributed by atoms with Gasteiger partial charge in [0.2, 0.25) is 0 Å². The average molecular weight is 395 g/mol. The summed E-state index contributed by atoms with van der Waals surface area (Å²) in [4.78, 5) is 9.01. The molecule has 29 heavy (non-hydrogen) atoms. The van der Waals surface area contributed by atoms with Gasteiger partial charge in [0.15, 0.2) is 5.82 Å². The number of imidazole rings is 1. The van der Waals surface area contributed by atoms with Crippen LogP contribution in [0.2, 0.25) is 0 Å². The number of benzene rings is 3. The van der Waals surface area contributed by atoms with Crippen LogP contribution >= 0.6 is 11.3 Å². The Morgan fingerprint density at radius 1 is 0.759 bits per heavy atom. The highest BCUT2D eigenvalue weighted by atomic mass is 32.1. The number of thiophene rings is 1. The first-order valence-electron chi connectivity index (χ1n) is 9.29. The summed E-state index contributed by atoms with van der Waals surface area (Å²) in [5.41, 5.74) is 4.00. The van der Waals surface area contributed by atoms with E-state index in [9.17, 15) is 4.39 Å². The van der Waals surface area contributed by atoms with Gasteiger partial charge in [-0.05, 0) is 30.3 Å². The average Bonchev–Trinajstić information content (AvgIpc) is 3.34. The van der Waals surface area contributed by atoms with E-state index in [2.05, 4.69) is 33.8 Å². The van der Waals surface area contributed by atoms with Crippen LogP contribution in [0.25, 0.3) is 48.3 Å². The zero-order valence-electron chi connectivity index (χ0n) is 15.2. The molecule has 3 aromatic heterocycles. The van der Waals surface area contributed by atoms with Gasteiger partial charge < -0.3 is 0 Å². The number of pyridine rings is 1. The summed E-state index contributed by atoms with van der Waals surface area (Å²) in [7, 11) is 0. The maximum absolute atomic E-state index is 14.4. The molecule has 0 spiro atoms. The molecular weight excluding hydrogens is 381 g/mol. The predicted molar refractivity (Wildman–Crippen MR) is 117 cm³/mol. The Kier molecular flexibility index (Phi) is 3.52. The maximum Gasteiger partial charge on any atom is 0.159 e. The van der Waals surface area contributed by atoms with Crippen LogP contribution in [0.4, 0.5) is 4.39 Å². The molecule has 0 aliphatic carbocycles. The Labute approximate surface area is 169 Å². The van der Waals surface area contributed by atoms with Crippen LogP contribution in [0.15, 0.2) is 85.2 Å². The summed E-state index contributed by atoms with van der Waals surface area (Å²) < 4.78 is 18.2. The van der Waals surface area contributed by atoms with E-state index < -0.39 is 0 Å². The first kappa shape index (κ1) is 16.4. The van der Waals surface area contributed by atoms with Gasteiger partial charge in [0, 0.05) is 32.9 Å². The third-order valence-electron chi connectivity index (χ3n) is 5.18. The third kappa shape index (κ3) is 2.41. The van der Waals surface area contributed by atoms with E-state index in [1.807, 2.05) is 48.5 Å². The van der Waals surface area contributed by atoms with Gasteiger partial charge in [0.1, 0.15) is 5.82 Å². The van der Waals surface area contributed by atoms with Gasteiger partial charge in [0.05, 0.1) is 21.9 Å². The highest BCUT2D eigenvalue weighted by Gasteiger charge is 2.19. The van der Waals surface area contributed by atoms with E-state index in [4.69, 9.17) is 4.98 Å². The molecule has 0 amide bonds. The molecule has 0 bridgehead atoms. The lowest BCUT2D eigenvalue weighted by Crippen LogP contribution is -1.97. The Hall–Kier alpha value is -3.57. The fourth-order valence-corrected chi connectivity index (χ4v) is 5.09. The highest BCUT2D eigenvalue weighted by molar-refractivity contribution is 7.26. The second-order valence-electron chi connectivity index (χ2n) is 6.88.